The van der Waals surface area contributed by atoms with E-state index >= 15 is 0 Å². The molecule has 0 aliphatic carbocycles. The fourth-order valence-corrected chi connectivity index (χ4v) is 1.81. The van der Waals surface area contributed by atoms with Crippen LogP contribution in [0.15, 0.2) is 18.2 Å². The summed E-state index contributed by atoms with van der Waals surface area (Å²) in [6.07, 6.45) is 1.71. The monoisotopic (exact) mass is 224 g/mol. The zero-order chi connectivity index (χ0) is 12.1. The quantitative estimate of drug-likeness (QED) is 0.833. The first-order valence-electron chi connectivity index (χ1n) is 5.82. The van der Waals surface area contributed by atoms with Gasteiger partial charge in [0.05, 0.1) is 5.69 Å². The summed E-state index contributed by atoms with van der Waals surface area (Å²) in [6.45, 7) is 4.74. The minimum atomic E-state index is -0.159. The van der Waals surface area contributed by atoms with Crippen molar-refractivity contribution < 1.29 is 4.39 Å². The highest BCUT2D eigenvalue weighted by Gasteiger charge is 2.15. The molecule has 16 heavy (non-hydrogen) atoms. The molecule has 0 heterocycles. The number of benzene rings is 1. The van der Waals surface area contributed by atoms with E-state index in [0.717, 1.165) is 12.0 Å². The van der Waals surface area contributed by atoms with Gasteiger partial charge < -0.3 is 10.6 Å². The summed E-state index contributed by atoms with van der Waals surface area (Å²) in [5.41, 5.74) is 7.23. The number of hydrogen-bond donors (Lipinski definition) is 1. The summed E-state index contributed by atoms with van der Waals surface area (Å²) in [6, 6.07) is 5.53. The van der Waals surface area contributed by atoms with Crippen LogP contribution in [0.25, 0.3) is 0 Å². The highest BCUT2D eigenvalue weighted by atomic mass is 19.1. The van der Waals surface area contributed by atoms with Crippen LogP contribution in [0.4, 0.5) is 10.1 Å². The molecule has 1 atom stereocenters. The normalized spacial score (nSPS) is 12.6. The molecule has 0 saturated carbocycles. The molecule has 0 aliphatic rings. The van der Waals surface area contributed by atoms with E-state index in [4.69, 9.17) is 5.73 Å². The van der Waals surface area contributed by atoms with Crippen molar-refractivity contribution in [1.29, 1.82) is 0 Å². The Hall–Kier alpha value is -1.09. The Bertz CT molecular complexity index is 339. The molecular formula is C13H21FN2. The van der Waals surface area contributed by atoms with Crippen molar-refractivity contribution in [1.82, 2.24) is 0 Å². The van der Waals surface area contributed by atoms with Gasteiger partial charge in [0.15, 0.2) is 0 Å². The van der Waals surface area contributed by atoms with Gasteiger partial charge in [0.25, 0.3) is 0 Å². The largest absolute Gasteiger partial charge is 0.369 e. The van der Waals surface area contributed by atoms with Gasteiger partial charge in [0.1, 0.15) is 5.82 Å². The molecule has 0 amide bonds. The van der Waals surface area contributed by atoms with Crippen molar-refractivity contribution >= 4 is 5.69 Å². The van der Waals surface area contributed by atoms with Gasteiger partial charge in [-0.3, -0.25) is 0 Å². The third-order valence-electron chi connectivity index (χ3n) is 3.09. The number of hydrogen-bond acceptors (Lipinski definition) is 2. The number of nitrogens with zero attached hydrogens (tertiary/aromatic N) is 1. The van der Waals surface area contributed by atoms with Crippen LogP contribution in [0.3, 0.4) is 0 Å². The number of anilines is 1. The van der Waals surface area contributed by atoms with E-state index in [1.54, 1.807) is 6.07 Å². The SMILES string of the molecule is CCC(C)N(C)c1c(F)cccc1CCN. The molecule has 0 fully saturated rings. The zero-order valence-corrected chi connectivity index (χ0v) is 10.3. The molecule has 0 bridgehead atoms. The predicted octanol–water partition coefficient (Wildman–Crippen LogP) is 2.56. The first-order chi connectivity index (χ1) is 7.61. The minimum Gasteiger partial charge on any atom is -0.369 e. The maximum absolute atomic E-state index is 13.8. The van der Waals surface area contributed by atoms with Crippen LogP contribution in [-0.4, -0.2) is 19.6 Å². The summed E-state index contributed by atoms with van der Waals surface area (Å²) in [7, 11) is 1.94. The van der Waals surface area contributed by atoms with Gasteiger partial charge in [0.2, 0.25) is 0 Å². The van der Waals surface area contributed by atoms with Gasteiger partial charge in [0, 0.05) is 13.1 Å². The van der Waals surface area contributed by atoms with Crippen LogP contribution in [0, 0.1) is 5.82 Å². The molecule has 90 valence electrons. The van der Waals surface area contributed by atoms with Crippen molar-refractivity contribution in [3.63, 3.8) is 0 Å². The second-order valence-corrected chi connectivity index (χ2v) is 4.15. The molecule has 1 rings (SSSR count). The Labute approximate surface area is 97.3 Å². The molecule has 0 saturated heterocycles. The lowest BCUT2D eigenvalue weighted by molar-refractivity contribution is 0.596. The topological polar surface area (TPSA) is 29.3 Å². The highest BCUT2D eigenvalue weighted by molar-refractivity contribution is 5.55. The molecule has 2 N–H and O–H groups in total. The van der Waals surface area contributed by atoms with Crippen molar-refractivity contribution in [2.45, 2.75) is 32.7 Å². The van der Waals surface area contributed by atoms with E-state index in [-0.39, 0.29) is 5.82 Å². The Morgan fingerprint density at radius 3 is 2.69 bits per heavy atom. The molecule has 1 aromatic carbocycles. The van der Waals surface area contributed by atoms with Crippen LogP contribution >= 0.6 is 0 Å². The third-order valence-corrected chi connectivity index (χ3v) is 3.09. The van der Waals surface area contributed by atoms with Crippen molar-refractivity contribution in [3.05, 3.63) is 29.6 Å². The molecule has 0 aromatic heterocycles. The van der Waals surface area contributed by atoms with Crippen molar-refractivity contribution in [2.75, 3.05) is 18.5 Å². The lowest BCUT2D eigenvalue weighted by Gasteiger charge is -2.28. The van der Waals surface area contributed by atoms with Crippen LogP contribution in [0.2, 0.25) is 0 Å². The van der Waals surface area contributed by atoms with Gasteiger partial charge in [-0.05, 0) is 37.9 Å². The average Bonchev–Trinajstić information content (AvgIpc) is 2.28. The van der Waals surface area contributed by atoms with Crippen LogP contribution < -0.4 is 10.6 Å². The second kappa shape index (κ2) is 5.85. The predicted molar refractivity (Wildman–Crippen MR) is 67.3 cm³/mol. The first-order valence-corrected chi connectivity index (χ1v) is 5.82. The molecule has 0 radical (unpaired) electrons. The first kappa shape index (κ1) is 13.0. The van der Waals surface area contributed by atoms with Crippen molar-refractivity contribution in [2.24, 2.45) is 5.73 Å². The van der Waals surface area contributed by atoms with E-state index in [1.807, 2.05) is 18.0 Å². The molecule has 0 aliphatic heterocycles. The standard InChI is InChI=1S/C13H21FN2/c1-4-10(2)16(3)13-11(8-9-15)6-5-7-12(13)14/h5-7,10H,4,8-9,15H2,1-3H3. The summed E-state index contributed by atoms with van der Waals surface area (Å²) in [4.78, 5) is 2.00. The molecule has 2 nitrogen and oxygen atoms in total. The fourth-order valence-electron chi connectivity index (χ4n) is 1.81. The molecule has 3 heteroatoms. The van der Waals surface area contributed by atoms with Crippen LogP contribution in [-0.2, 0) is 6.42 Å². The van der Waals surface area contributed by atoms with Gasteiger partial charge in [-0.2, -0.15) is 0 Å². The smallest absolute Gasteiger partial charge is 0.146 e. The van der Waals surface area contributed by atoms with E-state index in [2.05, 4.69) is 13.8 Å². The maximum Gasteiger partial charge on any atom is 0.146 e. The third kappa shape index (κ3) is 2.73. The Morgan fingerprint density at radius 2 is 2.12 bits per heavy atom. The van der Waals surface area contributed by atoms with Gasteiger partial charge in [-0.1, -0.05) is 19.1 Å². The number of nitrogens with two attached hydrogens (primary N) is 1. The van der Waals surface area contributed by atoms with Gasteiger partial charge >= 0.3 is 0 Å². The average molecular weight is 224 g/mol. The van der Waals surface area contributed by atoms with Gasteiger partial charge in [-0.25, -0.2) is 4.39 Å². The van der Waals surface area contributed by atoms with Gasteiger partial charge in [-0.15, -0.1) is 0 Å². The van der Waals surface area contributed by atoms with Crippen LogP contribution in [0.5, 0.6) is 0 Å². The fraction of sp³-hybridized carbons (Fsp3) is 0.538. The lowest BCUT2D eigenvalue weighted by atomic mass is 10.1. The molecular weight excluding hydrogens is 203 g/mol. The molecule has 1 aromatic rings. The summed E-state index contributed by atoms with van der Waals surface area (Å²) < 4.78 is 13.8. The number of para-hydroxylation sites is 1. The number of rotatable bonds is 5. The van der Waals surface area contributed by atoms with Crippen molar-refractivity contribution in [3.8, 4) is 0 Å². The highest BCUT2D eigenvalue weighted by Crippen LogP contribution is 2.26. The zero-order valence-electron chi connectivity index (χ0n) is 10.3. The van der Waals surface area contributed by atoms with E-state index < -0.39 is 0 Å². The Balaban J connectivity index is 3.08. The summed E-state index contributed by atoms with van der Waals surface area (Å²) >= 11 is 0. The van der Waals surface area contributed by atoms with E-state index in [0.29, 0.717) is 24.7 Å². The van der Waals surface area contributed by atoms with Crippen LogP contribution in [0.1, 0.15) is 25.8 Å². The Kier molecular flexibility index (Phi) is 4.74. The summed E-state index contributed by atoms with van der Waals surface area (Å²) in [5, 5.41) is 0. The maximum atomic E-state index is 13.8. The second-order valence-electron chi connectivity index (χ2n) is 4.15. The Morgan fingerprint density at radius 1 is 1.44 bits per heavy atom. The van der Waals surface area contributed by atoms with E-state index in [9.17, 15) is 4.39 Å². The lowest BCUT2D eigenvalue weighted by Crippen LogP contribution is -2.30. The minimum absolute atomic E-state index is 0.159. The molecule has 0 spiro atoms. The van der Waals surface area contributed by atoms with E-state index in [1.165, 1.54) is 6.07 Å². The summed E-state index contributed by atoms with van der Waals surface area (Å²) in [5.74, 6) is -0.159. The number of halogens is 1. The molecule has 1 unspecified atom stereocenters.